The minimum absolute atomic E-state index is 0.174. The summed E-state index contributed by atoms with van der Waals surface area (Å²) in [4.78, 5) is 19.8. The van der Waals surface area contributed by atoms with E-state index < -0.39 is 0 Å². The lowest BCUT2D eigenvalue weighted by Gasteiger charge is -2.36. The molecule has 0 aliphatic carbocycles. The van der Waals surface area contributed by atoms with Crippen molar-refractivity contribution in [2.24, 2.45) is 5.92 Å². The second kappa shape index (κ2) is 7.44. The number of likely N-dealkylation sites (tertiary alicyclic amines) is 2. The SMILES string of the molecule is CN1CCC(C(=O)N2CC3OCCN(Cc4ccccc4)C3C2)CC1. The molecule has 0 bridgehead atoms. The first-order chi connectivity index (χ1) is 12.2. The molecule has 4 rings (SSSR count). The molecule has 3 aliphatic heterocycles. The van der Waals surface area contributed by atoms with Gasteiger partial charge in [0.25, 0.3) is 0 Å². The van der Waals surface area contributed by atoms with Gasteiger partial charge in [-0.2, -0.15) is 0 Å². The molecule has 1 aromatic carbocycles. The van der Waals surface area contributed by atoms with Crippen molar-refractivity contribution in [2.75, 3.05) is 46.4 Å². The maximum atomic E-state index is 12.9. The van der Waals surface area contributed by atoms with E-state index in [0.717, 1.165) is 58.7 Å². The van der Waals surface area contributed by atoms with Gasteiger partial charge < -0.3 is 14.5 Å². The normalized spacial score (nSPS) is 28.9. The van der Waals surface area contributed by atoms with Crippen LogP contribution in [0.2, 0.25) is 0 Å². The van der Waals surface area contributed by atoms with Gasteiger partial charge in [0.05, 0.1) is 18.8 Å². The zero-order chi connectivity index (χ0) is 17.2. The summed E-state index contributed by atoms with van der Waals surface area (Å²) in [7, 11) is 2.14. The minimum Gasteiger partial charge on any atom is -0.373 e. The smallest absolute Gasteiger partial charge is 0.225 e. The molecule has 25 heavy (non-hydrogen) atoms. The van der Waals surface area contributed by atoms with E-state index in [2.05, 4.69) is 52.1 Å². The molecule has 0 radical (unpaired) electrons. The maximum absolute atomic E-state index is 12.9. The third kappa shape index (κ3) is 3.73. The summed E-state index contributed by atoms with van der Waals surface area (Å²) < 4.78 is 6.01. The number of fused-ring (bicyclic) bond motifs is 1. The van der Waals surface area contributed by atoms with E-state index >= 15 is 0 Å². The monoisotopic (exact) mass is 343 g/mol. The molecule has 0 N–H and O–H groups in total. The van der Waals surface area contributed by atoms with Crippen LogP contribution in [0.25, 0.3) is 0 Å². The molecule has 1 amide bonds. The van der Waals surface area contributed by atoms with Gasteiger partial charge in [-0.15, -0.1) is 0 Å². The number of ether oxygens (including phenoxy) is 1. The summed E-state index contributed by atoms with van der Waals surface area (Å²) in [6.07, 6.45) is 2.17. The molecule has 0 saturated carbocycles. The molecule has 3 heterocycles. The number of amides is 1. The molecule has 3 saturated heterocycles. The Hall–Kier alpha value is -1.43. The largest absolute Gasteiger partial charge is 0.373 e. The molecule has 136 valence electrons. The fourth-order valence-electron chi connectivity index (χ4n) is 4.47. The maximum Gasteiger partial charge on any atom is 0.225 e. The Morgan fingerprint density at radius 1 is 1.12 bits per heavy atom. The van der Waals surface area contributed by atoms with E-state index in [0.29, 0.717) is 11.9 Å². The van der Waals surface area contributed by atoms with Gasteiger partial charge in [0.1, 0.15) is 0 Å². The molecular formula is C20H29N3O2. The predicted molar refractivity (Wildman–Crippen MR) is 97.2 cm³/mol. The molecule has 1 aromatic rings. The van der Waals surface area contributed by atoms with Crippen molar-refractivity contribution in [3.05, 3.63) is 35.9 Å². The van der Waals surface area contributed by atoms with Crippen LogP contribution < -0.4 is 0 Å². The number of carbonyl (C=O) groups excluding carboxylic acids is 1. The zero-order valence-electron chi connectivity index (χ0n) is 15.1. The van der Waals surface area contributed by atoms with Gasteiger partial charge in [0.2, 0.25) is 5.91 Å². The second-order valence-corrected chi connectivity index (χ2v) is 7.75. The molecule has 3 fully saturated rings. The Kier molecular flexibility index (Phi) is 5.06. The first-order valence-corrected chi connectivity index (χ1v) is 9.57. The van der Waals surface area contributed by atoms with Crippen LogP contribution in [0.1, 0.15) is 18.4 Å². The quantitative estimate of drug-likeness (QED) is 0.832. The van der Waals surface area contributed by atoms with E-state index in [1.807, 2.05) is 0 Å². The third-order valence-electron chi connectivity index (χ3n) is 6.02. The van der Waals surface area contributed by atoms with Crippen LogP contribution >= 0.6 is 0 Å². The van der Waals surface area contributed by atoms with Crippen LogP contribution in [0.4, 0.5) is 0 Å². The molecule has 5 nitrogen and oxygen atoms in total. The molecule has 0 spiro atoms. The lowest BCUT2D eigenvalue weighted by atomic mass is 9.96. The number of rotatable bonds is 3. The molecule has 0 aromatic heterocycles. The average molecular weight is 343 g/mol. The van der Waals surface area contributed by atoms with Gasteiger partial charge in [0, 0.05) is 32.1 Å². The van der Waals surface area contributed by atoms with Crippen molar-refractivity contribution in [1.82, 2.24) is 14.7 Å². The van der Waals surface area contributed by atoms with Crippen LogP contribution in [0.15, 0.2) is 30.3 Å². The fraction of sp³-hybridized carbons (Fsp3) is 0.650. The van der Waals surface area contributed by atoms with Gasteiger partial charge in [0.15, 0.2) is 0 Å². The predicted octanol–water partition coefficient (Wildman–Crippen LogP) is 1.44. The Bertz CT molecular complexity index is 586. The summed E-state index contributed by atoms with van der Waals surface area (Å²) in [5, 5.41) is 0. The lowest BCUT2D eigenvalue weighted by molar-refractivity contribution is -0.136. The summed E-state index contributed by atoms with van der Waals surface area (Å²) in [6, 6.07) is 10.9. The van der Waals surface area contributed by atoms with Crippen molar-refractivity contribution < 1.29 is 9.53 Å². The Labute approximate surface area is 150 Å². The lowest BCUT2D eigenvalue weighted by Crippen LogP contribution is -2.50. The first kappa shape index (κ1) is 17.0. The van der Waals surface area contributed by atoms with Crippen molar-refractivity contribution in [3.63, 3.8) is 0 Å². The molecule has 2 unspecified atom stereocenters. The van der Waals surface area contributed by atoms with Crippen molar-refractivity contribution >= 4 is 5.91 Å². The van der Waals surface area contributed by atoms with Crippen molar-refractivity contribution in [3.8, 4) is 0 Å². The highest BCUT2D eigenvalue weighted by Crippen LogP contribution is 2.27. The summed E-state index contributed by atoms with van der Waals surface area (Å²) in [6.45, 7) is 6.32. The summed E-state index contributed by atoms with van der Waals surface area (Å²) in [5.41, 5.74) is 1.34. The van der Waals surface area contributed by atoms with Crippen molar-refractivity contribution in [1.29, 1.82) is 0 Å². The van der Waals surface area contributed by atoms with E-state index in [-0.39, 0.29) is 12.0 Å². The average Bonchev–Trinajstić information content (AvgIpc) is 3.08. The zero-order valence-corrected chi connectivity index (χ0v) is 15.1. The highest BCUT2D eigenvalue weighted by Gasteiger charge is 2.43. The molecule has 5 heteroatoms. The van der Waals surface area contributed by atoms with Crippen LogP contribution in [-0.2, 0) is 16.1 Å². The van der Waals surface area contributed by atoms with E-state index in [9.17, 15) is 4.79 Å². The highest BCUT2D eigenvalue weighted by atomic mass is 16.5. The standard InChI is InChI=1S/C20H29N3O2/c1-21-9-7-17(8-10-21)20(24)23-14-18-19(15-23)25-12-11-22(18)13-16-5-3-2-4-6-16/h2-6,17-19H,7-15H2,1H3. The fourth-order valence-corrected chi connectivity index (χ4v) is 4.47. The molecule has 3 aliphatic rings. The Morgan fingerprint density at radius 2 is 1.88 bits per heavy atom. The van der Waals surface area contributed by atoms with E-state index in [4.69, 9.17) is 4.74 Å². The van der Waals surface area contributed by atoms with Crippen LogP contribution in [0.3, 0.4) is 0 Å². The van der Waals surface area contributed by atoms with Crippen LogP contribution in [-0.4, -0.2) is 79.1 Å². The molecular weight excluding hydrogens is 314 g/mol. The molecule has 2 atom stereocenters. The van der Waals surface area contributed by atoms with Crippen LogP contribution in [0, 0.1) is 5.92 Å². The number of carbonyl (C=O) groups is 1. The third-order valence-corrected chi connectivity index (χ3v) is 6.02. The number of piperidine rings is 1. The van der Waals surface area contributed by atoms with Gasteiger partial charge >= 0.3 is 0 Å². The van der Waals surface area contributed by atoms with E-state index in [1.54, 1.807) is 0 Å². The van der Waals surface area contributed by atoms with E-state index in [1.165, 1.54) is 5.56 Å². The highest BCUT2D eigenvalue weighted by molar-refractivity contribution is 5.79. The number of morpholine rings is 1. The van der Waals surface area contributed by atoms with Gasteiger partial charge in [-0.1, -0.05) is 30.3 Å². The van der Waals surface area contributed by atoms with Gasteiger partial charge in [-0.3, -0.25) is 9.69 Å². The minimum atomic E-state index is 0.174. The topological polar surface area (TPSA) is 36.0 Å². The van der Waals surface area contributed by atoms with Gasteiger partial charge in [-0.05, 0) is 38.5 Å². The Balaban J connectivity index is 1.39. The number of nitrogens with zero attached hydrogens (tertiary/aromatic N) is 3. The number of hydrogen-bond acceptors (Lipinski definition) is 4. The van der Waals surface area contributed by atoms with Gasteiger partial charge in [-0.25, -0.2) is 0 Å². The van der Waals surface area contributed by atoms with Crippen molar-refractivity contribution in [2.45, 2.75) is 31.5 Å². The number of hydrogen-bond donors (Lipinski definition) is 0. The first-order valence-electron chi connectivity index (χ1n) is 9.57. The second-order valence-electron chi connectivity index (χ2n) is 7.75. The Morgan fingerprint density at radius 3 is 2.64 bits per heavy atom. The number of benzene rings is 1. The van der Waals surface area contributed by atoms with Crippen LogP contribution in [0.5, 0.6) is 0 Å². The summed E-state index contributed by atoms with van der Waals surface area (Å²) in [5.74, 6) is 0.560. The summed E-state index contributed by atoms with van der Waals surface area (Å²) >= 11 is 0.